The van der Waals surface area contributed by atoms with Crippen LogP contribution >= 0.6 is 0 Å². The summed E-state index contributed by atoms with van der Waals surface area (Å²) in [5.74, 6) is 0. The van der Waals surface area contributed by atoms with Crippen molar-refractivity contribution < 1.29 is 9.90 Å². The quantitative estimate of drug-likeness (QED) is 0.883. The first-order chi connectivity index (χ1) is 11.1. The maximum absolute atomic E-state index is 12.1. The molecule has 0 spiro atoms. The van der Waals surface area contributed by atoms with E-state index < -0.39 is 6.09 Å². The molecule has 0 aromatic carbocycles. The summed E-state index contributed by atoms with van der Waals surface area (Å²) in [5.41, 5.74) is 0.668. The minimum atomic E-state index is -0.961. The number of carboxylic acid groups (broad SMARTS) is 1. The summed E-state index contributed by atoms with van der Waals surface area (Å²) < 4.78 is 1.71. The van der Waals surface area contributed by atoms with Crippen LogP contribution in [0.4, 0.5) is 4.79 Å². The standard InChI is InChI=1S/C16H20N4O3/c21-14-4-3-12-2-1-7-17-15(12)20(14)11-10-19-8-5-13(6-9-19)18-16(22)23/h1-4,7,13,18H,5-6,8-11H2,(H,22,23). The van der Waals surface area contributed by atoms with Crippen LogP contribution in [-0.2, 0) is 6.54 Å². The van der Waals surface area contributed by atoms with Crippen molar-refractivity contribution in [2.45, 2.75) is 25.4 Å². The number of piperidine rings is 1. The molecule has 2 aromatic rings. The Morgan fingerprint density at radius 1 is 1.26 bits per heavy atom. The summed E-state index contributed by atoms with van der Waals surface area (Å²) in [4.78, 5) is 29.3. The molecule has 2 aromatic heterocycles. The lowest BCUT2D eigenvalue weighted by atomic mass is 10.1. The van der Waals surface area contributed by atoms with Crippen molar-refractivity contribution in [1.29, 1.82) is 0 Å². The lowest BCUT2D eigenvalue weighted by molar-refractivity contribution is 0.166. The molecule has 7 nitrogen and oxygen atoms in total. The van der Waals surface area contributed by atoms with Crippen LogP contribution in [0.3, 0.4) is 0 Å². The lowest BCUT2D eigenvalue weighted by Gasteiger charge is -2.31. The molecule has 0 saturated carbocycles. The van der Waals surface area contributed by atoms with Crippen LogP contribution in [-0.4, -0.2) is 51.3 Å². The number of carbonyl (C=O) groups is 1. The molecular weight excluding hydrogens is 296 g/mol. The van der Waals surface area contributed by atoms with Gasteiger partial charge < -0.3 is 15.3 Å². The van der Waals surface area contributed by atoms with Crippen LogP contribution < -0.4 is 10.9 Å². The highest BCUT2D eigenvalue weighted by molar-refractivity contribution is 5.74. The highest BCUT2D eigenvalue weighted by Gasteiger charge is 2.20. The lowest BCUT2D eigenvalue weighted by Crippen LogP contribution is -2.45. The van der Waals surface area contributed by atoms with Crippen molar-refractivity contribution in [3.63, 3.8) is 0 Å². The number of nitrogens with zero attached hydrogens (tertiary/aromatic N) is 3. The zero-order valence-corrected chi connectivity index (χ0v) is 12.8. The monoisotopic (exact) mass is 316 g/mol. The van der Waals surface area contributed by atoms with Gasteiger partial charge in [-0.3, -0.25) is 9.36 Å². The number of amides is 1. The number of hydrogen-bond acceptors (Lipinski definition) is 4. The summed E-state index contributed by atoms with van der Waals surface area (Å²) in [5, 5.41) is 12.2. The molecule has 1 saturated heterocycles. The smallest absolute Gasteiger partial charge is 0.404 e. The Bertz CT molecular complexity index is 750. The van der Waals surface area contributed by atoms with Gasteiger partial charge in [-0.05, 0) is 31.0 Å². The van der Waals surface area contributed by atoms with Gasteiger partial charge in [0, 0.05) is 49.9 Å². The van der Waals surface area contributed by atoms with Crippen LogP contribution in [0.2, 0.25) is 0 Å². The van der Waals surface area contributed by atoms with Gasteiger partial charge >= 0.3 is 6.09 Å². The van der Waals surface area contributed by atoms with Crippen LogP contribution in [0.25, 0.3) is 11.0 Å². The van der Waals surface area contributed by atoms with Crippen LogP contribution in [0.5, 0.6) is 0 Å². The number of likely N-dealkylation sites (tertiary alicyclic amines) is 1. The second-order valence-corrected chi connectivity index (χ2v) is 5.80. The van der Waals surface area contributed by atoms with Gasteiger partial charge in [-0.1, -0.05) is 0 Å². The zero-order valence-electron chi connectivity index (χ0n) is 12.8. The molecule has 0 radical (unpaired) electrons. The summed E-state index contributed by atoms with van der Waals surface area (Å²) in [7, 11) is 0. The third-order valence-electron chi connectivity index (χ3n) is 4.30. The Labute approximate surface area is 133 Å². The van der Waals surface area contributed by atoms with Crippen LogP contribution in [0.1, 0.15) is 12.8 Å². The molecule has 0 unspecified atom stereocenters. The number of aromatic nitrogens is 2. The molecule has 23 heavy (non-hydrogen) atoms. The van der Waals surface area contributed by atoms with Crippen molar-refractivity contribution >= 4 is 17.1 Å². The van der Waals surface area contributed by atoms with E-state index in [0.717, 1.165) is 37.9 Å². The first-order valence-corrected chi connectivity index (χ1v) is 7.80. The molecule has 3 heterocycles. The maximum Gasteiger partial charge on any atom is 0.404 e. The van der Waals surface area contributed by atoms with E-state index in [1.165, 1.54) is 0 Å². The second kappa shape index (κ2) is 6.78. The van der Waals surface area contributed by atoms with Gasteiger partial charge in [0.1, 0.15) is 5.65 Å². The number of rotatable bonds is 4. The fourth-order valence-electron chi connectivity index (χ4n) is 3.05. The Morgan fingerprint density at radius 2 is 2.04 bits per heavy atom. The first kappa shape index (κ1) is 15.5. The van der Waals surface area contributed by atoms with Gasteiger partial charge in [0.25, 0.3) is 5.56 Å². The van der Waals surface area contributed by atoms with Crippen molar-refractivity contribution in [2.75, 3.05) is 19.6 Å². The number of hydrogen-bond donors (Lipinski definition) is 2. The largest absolute Gasteiger partial charge is 0.465 e. The van der Waals surface area contributed by atoms with Gasteiger partial charge in [0.2, 0.25) is 0 Å². The van der Waals surface area contributed by atoms with E-state index in [1.807, 2.05) is 12.1 Å². The molecule has 122 valence electrons. The van der Waals surface area contributed by atoms with Crippen LogP contribution in [0.15, 0.2) is 35.3 Å². The van der Waals surface area contributed by atoms with Gasteiger partial charge in [0.15, 0.2) is 0 Å². The van der Waals surface area contributed by atoms with Crippen molar-refractivity contribution in [2.24, 2.45) is 0 Å². The Morgan fingerprint density at radius 3 is 2.78 bits per heavy atom. The predicted molar refractivity (Wildman–Crippen MR) is 86.6 cm³/mol. The minimum Gasteiger partial charge on any atom is -0.465 e. The predicted octanol–water partition coefficient (Wildman–Crippen LogP) is 1.13. The Hall–Kier alpha value is -2.41. The van der Waals surface area contributed by atoms with Gasteiger partial charge in [0.05, 0.1) is 0 Å². The Kier molecular flexibility index (Phi) is 4.57. The van der Waals surface area contributed by atoms with E-state index in [9.17, 15) is 9.59 Å². The van der Waals surface area contributed by atoms with Gasteiger partial charge in [-0.25, -0.2) is 9.78 Å². The topological polar surface area (TPSA) is 87.5 Å². The molecule has 1 aliphatic heterocycles. The second-order valence-electron chi connectivity index (χ2n) is 5.80. The van der Waals surface area contributed by atoms with E-state index in [-0.39, 0.29) is 11.6 Å². The SMILES string of the molecule is O=C(O)NC1CCN(CCn2c(=O)ccc3cccnc32)CC1. The molecule has 1 fully saturated rings. The average Bonchev–Trinajstić information content (AvgIpc) is 2.55. The van der Waals surface area contributed by atoms with E-state index >= 15 is 0 Å². The van der Waals surface area contributed by atoms with E-state index in [1.54, 1.807) is 22.9 Å². The van der Waals surface area contributed by atoms with Crippen molar-refractivity contribution in [1.82, 2.24) is 19.8 Å². The summed E-state index contributed by atoms with van der Waals surface area (Å²) in [6.45, 7) is 3.01. The molecule has 7 heteroatoms. The molecule has 3 rings (SSSR count). The van der Waals surface area contributed by atoms with Crippen molar-refractivity contribution in [3.8, 4) is 0 Å². The zero-order chi connectivity index (χ0) is 16.2. The average molecular weight is 316 g/mol. The fourth-order valence-corrected chi connectivity index (χ4v) is 3.05. The third kappa shape index (κ3) is 3.68. The first-order valence-electron chi connectivity index (χ1n) is 7.80. The fraction of sp³-hybridized carbons (Fsp3) is 0.438. The normalized spacial score (nSPS) is 16.5. The van der Waals surface area contributed by atoms with Gasteiger partial charge in [-0.2, -0.15) is 0 Å². The minimum absolute atomic E-state index is 0.0331. The molecule has 1 aliphatic rings. The number of pyridine rings is 2. The third-order valence-corrected chi connectivity index (χ3v) is 4.30. The highest BCUT2D eigenvalue weighted by Crippen LogP contribution is 2.11. The van der Waals surface area contributed by atoms with E-state index in [0.29, 0.717) is 12.2 Å². The Balaban J connectivity index is 1.63. The number of nitrogens with one attached hydrogen (secondary N) is 1. The molecule has 0 bridgehead atoms. The molecule has 0 atom stereocenters. The summed E-state index contributed by atoms with van der Waals surface area (Å²) >= 11 is 0. The van der Waals surface area contributed by atoms with E-state index in [4.69, 9.17) is 5.11 Å². The number of fused-ring (bicyclic) bond motifs is 1. The molecular formula is C16H20N4O3. The molecule has 2 N–H and O–H groups in total. The van der Waals surface area contributed by atoms with Crippen LogP contribution in [0, 0.1) is 0 Å². The van der Waals surface area contributed by atoms with Crippen molar-refractivity contribution in [3.05, 3.63) is 40.8 Å². The summed E-state index contributed by atoms with van der Waals surface area (Å²) in [6.07, 6.45) is 2.34. The maximum atomic E-state index is 12.1. The van der Waals surface area contributed by atoms with E-state index in [2.05, 4.69) is 15.2 Å². The van der Waals surface area contributed by atoms with Gasteiger partial charge in [-0.15, -0.1) is 0 Å². The summed E-state index contributed by atoms with van der Waals surface area (Å²) in [6, 6.07) is 7.21. The highest BCUT2D eigenvalue weighted by atomic mass is 16.4. The molecule has 0 aliphatic carbocycles. The molecule has 1 amide bonds.